The van der Waals surface area contributed by atoms with Crippen LogP contribution in [0.3, 0.4) is 0 Å². The number of carbonyl (C=O) groups excluding carboxylic acids is 2. The van der Waals surface area contributed by atoms with Gasteiger partial charge in [0.05, 0.1) is 20.8 Å². The van der Waals surface area contributed by atoms with Crippen LogP contribution < -0.4 is 9.47 Å². The molecular weight excluding hydrogens is 378 g/mol. The first-order valence-electron chi connectivity index (χ1n) is 9.55. The Kier molecular flexibility index (Phi) is 5.35. The molecule has 1 aliphatic rings. The van der Waals surface area contributed by atoms with E-state index in [2.05, 4.69) is 0 Å². The highest BCUT2D eigenvalue weighted by Gasteiger charge is 2.34. The Morgan fingerprint density at radius 3 is 1.90 bits per heavy atom. The largest absolute Gasteiger partial charge is 0.497 e. The molecule has 0 fully saturated rings. The first-order valence-corrected chi connectivity index (χ1v) is 9.55. The van der Waals surface area contributed by atoms with Crippen molar-refractivity contribution in [1.82, 2.24) is 4.90 Å². The second kappa shape index (κ2) is 8.25. The predicted molar refractivity (Wildman–Crippen MR) is 115 cm³/mol. The fourth-order valence-electron chi connectivity index (χ4n) is 3.47. The van der Waals surface area contributed by atoms with E-state index < -0.39 is 0 Å². The summed E-state index contributed by atoms with van der Waals surface area (Å²) in [6, 6.07) is 22.0. The minimum Gasteiger partial charge on any atom is -0.497 e. The lowest BCUT2D eigenvalue weighted by molar-refractivity contribution is -0.123. The third-order valence-corrected chi connectivity index (χ3v) is 5.09. The summed E-state index contributed by atoms with van der Waals surface area (Å²) >= 11 is 0. The molecular formula is C25H21NO4. The summed E-state index contributed by atoms with van der Waals surface area (Å²) in [5.41, 5.74) is 3.36. The quantitative estimate of drug-likeness (QED) is 0.471. The Morgan fingerprint density at radius 1 is 0.733 bits per heavy atom. The first kappa shape index (κ1) is 19.5. The minimum absolute atomic E-state index is 0.190. The van der Waals surface area contributed by atoms with E-state index >= 15 is 0 Å². The van der Waals surface area contributed by atoms with Crippen molar-refractivity contribution in [1.29, 1.82) is 0 Å². The van der Waals surface area contributed by atoms with E-state index in [-0.39, 0.29) is 18.4 Å². The molecule has 0 radical (unpaired) electrons. The number of fused-ring (bicyclic) bond motifs is 1. The molecule has 30 heavy (non-hydrogen) atoms. The molecule has 0 bridgehead atoms. The summed E-state index contributed by atoms with van der Waals surface area (Å²) < 4.78 is 10.4. The molecule has 3 aromatic carbocycles. The Hall–Kier alpha value is -3.86. The van der Waals surface area contributed by atoms with Crippen LogP contribution in [0.15, 0.2) is 72.8 Å². The molecule has 150 valence electrons. The van der Waals surface area contributed by atoms with Crippen LogP contribution in [0.1, 0.15) is 27.0 Å². The van der Waals surface area contributed by atoms with Crippen molar-refractivity contribution < 1.29 is 19.1 Å². The van der Waals surface area contributed by atoms with Crippen molar-refractivity contribution in [2.45, 2.75) is 6.54 Å². The van der Waals surface area contributed by atoms with Crippen LogP contribution in [0.4, 0.5) is 0 Å². The van der Waals surface area contributed by atoms with Gasteiger partial charge in [0, 0.05) is 11.1 Å². The fourth-order valence-corrected chi connectivity index (χ4v) is 3.47. The number of amides is 2. The summed E-state index contributed by atoms with van der Waals surface area (Å²) in [5.74, 6) is 0.855. The first-order chi connectivity index (χ1) is 14.6. The molecule has 3 aromatic rings. The van der Waals surface area contributed by atoms with Crippen LogP contribution in [-0.2, 0) is 11.3 Å². The van der Waals surface area contributed by atoms with Gasteiger partial charge < -0.3 is 9.47 Å². The molecule has 0 saturated heterocycles. The molecule has 0 saturated carbocycles. The van der Waals surface area contributed by atoms with Crippen molar-refractivity contribution in [2.75, 3.05) is 14.2 Å². The van der Waals surface area contributed by atoms with Gasteiger partial charge in [0.25, 0.3) is 11.8 Å². The van der Waals surface area contributed by atoms with Gasteiger partial charge in [0.2, 0.25) is 0 Å². The number of imide groups is 1. The Bertz CT molecular complexity index is 1110. The van der Waals surface area contributed by atoms with E-state index in [0.29, 0.717) is 16.7 Å². The number of hydrogen-bond donors (Lipinski definition) is 0. The van der Waals surface area contributed by atoms with Crippen LogP contribution in [0, 0.1) is 0 Å². The van der Waals surface area contributed by atoms with Gasteiger partial charge in [-0.1, -0.05) is 42.5 Å². The van der Waals surface area contributed by atoms with E-state index in [1.165, 1.54) is 4.90 Å². The van der Waals surface area contributed by atoms with Crippen LogP contribution in [-0.4, -0.2) is 30.9 Å². The van der Waals surface area contributed by atoms with Gasteiger partial charge in [0.1, 0.15) is 11.5 Å². The smallest absolute Gasteiger partial charge is 0.261 e. The molecule has 2 amide bonds. The van der Waals surface area contributed by atoms with Crippen LogP contribution in [0.5, 0.6) is 11.5 Å². The lowest BCUT2D eigenvalue weighted by Gasteiger charge is -2.28. The van der Waals surface area contributed by atoms with Crippen molar-refractivity contribution in [2.24, 2.45) is 0 Å². The molecule has 0 spiro atoms. The predicted octanol–water partition coefficient (Wildman–Crippen LogP) is 4.43. The number of benzene rings is 3. The number of methoxy groups -OCH3 is 2. The molecule has 1 aliphatic heterocycles. The zero-order valence-corrected chi connectivity index (χ0v) is 16.8. The highest BCUT2D eigenvalue weighted by atomic mass is 16.5. The average Bonchev–Trinajstić information content (AvgIpc) is 2.80. The number of carbonyl (C=O) groups is 2. The SMILES string of the molecule is COc1ccc(C=C2C(=O)N(Cc3ccc(OC)cc3)C(=O)c3ccccc32)cc1. The molecule has 5 heteroatoms. The molecule has 0 unspecified atom stereocenters. The zero-order valence-electron chi connectivity index (χ0n) is 16.8. The number of nitrogens with zero attached hydrogens (tertiary/aromatic N) is 1. The normalized spacial score (nSPS) is 14.6. The molecule has 1 heterocycles. The number of hydrogen-bond acceptors (Lipinski definition) is 4. The topological polar surface area (TPSA) is 55.8 Å². The standard InChI is InChI=1S/C25H21NO4/c1-29-19-11-7-17(8-12-19)15-23-21-5-3-4-6-22(21)24(27)26(25(23)28)16-18-9-13-20(30-2)14-10-18/h3-15H,16H2,1-2H3. The van der Waals surface area contributed by atoms with Crippen molar-refractivity contribution >= 4 is 23.5 Å². The summed E-state index contributed by atoms with van der Waals surface area (Å²) in [6.07, 6.45) is 1.81. The van der Waals surface area contributed by atoms with Gasteiger partial charge in [-0.2, -0.15) is 0 Å². The maximum atomic E-state index is 13.3. The number of ether oxygens (including phenoxy) is 2. The highest BCUT2D eigenvalue weighted by Crippen LogP contribution is 2.31. The van der Waals surface area contributed by atoms with Gasteiger partial charge in [-0.3, -0.25) is 14.5 Å². The zero-order chi connectivity index (χ0) is 21.1. The molecule has 4 rings (SSSR count). The van der Waals surface area contributed by atoms with E-state index in [0.717, 1.165) is 22.6 Å². The van der Waals surface area contributed by atoms with Gasteiger partial charge in [0.15, 0.2) is 0 Å². The number of rotatable bonds is 5. The molecule has 0 atom stereocenters. The highest BCUT2D eigenvalue weighted by molar-refractivity contribution is 6.33. The van der Waals surface area contributed by atoms with E-state index in [4.69, 9.17) is 9.47 Å². The minimum atomic E-state index is -0.315. The molecule has 0 aliphatic carbocycles. The monoisotopic (exact) mass is 399 g/mol. The molecule has 0 N–H and O–H groups in total. The van der Waals surface area contributed by atoms with Crippen molar-refractivity contribution in [3.63, 3.8) is 0 Å². The third-order valence-electron chi connectivity index (χ3n) is 5.09. The van der Waals surface area contributed by atoms with E-state index in [1.807, 2.05) is 72.8 Å². The van der Waals surface area contributed by atoms with Gasteiger partial charge in [-0.15, -0.1) is 0 Å². The second-order valence-electron chi connectivity index (χ2n) is 6.92. The molecule has 5 nitrogen and oxygen atoms in total. The third kappa shape index (κ3) is 3.70. The van der Waals surface area contributed by atoms with Gasteiger partial charge >= 0.3 is 0 Å². The van der Waals surface area contributed by atoms with Crippen LogP contribution in [0.25, 0.3) is 11.6 Å². The maximum absolute atomic E-state index is 13.3. The van der Waals surface area contributed by atoms with Gasteiger partial charge in [-0.25, -0.2) is 0 Å². The maximum Gasteiger partial charge on any atom is 0.261 e. The van der Waals surface area contributed by atoms with Crippen LogP contribution in [0.2, 0.25) is 0 Å². The summed E-state index contributed by atoms with van der Waals surface area (Å²) in [4.78, 5) is 27.7. The fraction of sp³-hybridized carbons (Fsp3) is 0.120. The molecule has 0 aromatic heterocycles. The second-order valence-corrected chi connectivity index (χ2v) is 6.92. The van der Waals surface area contributed by atoms with E-state index in [1.54, 1.807) is 20.3 Å². The lowest BCUT2D eigenvalue weighted by Crippen LogP contribution is -2.41. The van der Waals surface area contributed by atoms with Gasteiger partial charge in [-0.05, 0) is 53.1 Å². The summed E-state index contributed by atoms with van der Waals surface area (Å²) in [7, 11) is 3.21. The van der Waals surface area contributed by atoms with Crippen molar-refractivity contribution in [3.05, 3.63) is 95.1 Å². The Labute approximate surface area is 175 Å². The Balaban J connectivity index is 1.73. The van der Waals surface area contributed by atoms with Crippen LogP contribution >= 0.6 is 0 Å². The Morgan fingerprint density at radius 2 is 1.30 bits per heavy atom. The van der Waals surface area contributed by atoms with E-state index in [9.17, 15) is 9.59 Å². The lowest BCUT2D eigenvalue weighted by atomic mass is 9.91. The summed E-state index contributed by atoms with van der Waals surface area (Å²) in [6.45, 7) is 0.190. The summed E-state index contributed by atoms with van der Waals surface area (Å²) in [5, 5.41) is 0. The average molecular weight is 399 g/mol. The van der Waals surface area contributed by atoms with Crippen molar-refractivity contribution in [3.8, 4) is 11.5 Å².